The van der Waals surface area contributed by atoms with Crippen LogP contribution in [0.5, 0.6) is 0 Å². The Bertz CT molecular complexity index is 302. The summed E-state index contributed by atoms with van der Waals surface area (Å²) in [6.07, 6.45) is 2.04. The molecule has 0 aliphatic carbocycles. The highest BCUT2D eigenvalue weighted by molar-refractivity contribution is 5.68. The summed E-state index contributed by atoms with van der Waals surface area (Å²) < 4.78 is 9.90. The first-order chi connectivity index (χ1) is 9.24. The summed E-state index contributed by atoms with van der Waals surface area (Å²) in [5.74, 6) is 0. The number of hydrogen-bond acceptors (Lipinski definition) is 5. The van der Waals surface area contributed by atoms with E-state index >= 15 is 0 Å². The molecule has 7 heteroatoms. The van der Waals surface area contributed by atoms with Gasteiger partial charge >= 0.3 is 12.2 Å². The minimum Gasteiger partial charge on any atom is -0.448 e. The average Bonchev–Trinajstić information content (AvgIpc) is 2.28. The summed E-state index contributed by atoms with van der Waals surface area (Å²) in [5, 5.41) is 2.68. The van der Waals surface area contributed by atoms with E-state index in [1.54, 1.807) is 20.8 Å². The average molecular weight is 289 g/mol. The monoisotopic (exact) mass is 289 g/mol. The van der Waals surface area contributed by atoms with Crippen LogP contribution in [0.4, 0.5) is 9.59 Å². The fraction of sp³-hybridized carbons (Fsp3) is 0.846. The van der Waals surface area contributed by atoms with Crippen molar-refractivity contribution in [2.45, 2.75) is 58.1 Å². The van der Waals surface area contributed by atoms with Crippen LogP contribution in [0.1, 0.15) is 46.5 Å². The molecule has 0 spiro atoms. The maximum absolute atomic E-state index is 11.7. The number of unbranched alkanes of at least 4 members (excludes halogenated alkanes) is 2. The molecule has 0 aliphatic rings. The Hall–Kier alpha value is -1.50. The lowest BCUT2D eigenvalue weighted by Gasteiger charge is -2.23. The van der Waals surface area contributed by atoms with E-state index in [0.717, 1.165) is 19.3 Å². The molecule has 1 unspecified atom stereocenters. The van der Waals surface area contributed by atoms with Crippen molar-refractivity contribution in [3.63, 3.8) is 0 Å². The fourth-order valence-corrected chi connectivity index (χ4v) is 1.57. The zero-order valence-electron chi connectivity index (χ0n) is 12.6. The van der Waals surface area contributed by atoms with Gasteiger partial charge in [-0.25, -0.2) is 9.59 Å². The molecule has 0 heterocycles. The van der Waals surface area contributed by atoms with Gasteiger partial charge in [-0.3, -0.25) is 0 Å². The minimum absolute atomic E-state index is 0.0389. The molecular formula is C13H27N3O4. The molecule has 118 valence electrons. The normalized spacial score (nSPS) is 12.6. The molecule has 1 atom stereocenters. The first kappa shape index (κ1) is 18.5. The number of amides is 2. The molecule has 2 amide bonds. The summed E-state index contributed by atoms with van der Waals surface area (Å²) in [7, 11) is 0. The van der Waals surface area contributed by atoms with E-state index in [4.69, 9.17) is 20.9 Å². The second kappa shape index (κ2) is 9.41. The molecule has 0 saturated heterocycles. The van der Waals surface area contributed by atoms with Crippen molar-refractivity contribution in [3.05, 3.63) is 0 Å². The highest BCUT2D eigenvalue weighted by atomic mass is 16.6. The molecule has 0 aromatic carbocycles. The minimum atomic E-state index is -0.858. The number of nitrogens with two attached hydrogens (primary N) is 2. The van der Waals surface area contributed by atoms with Crippen molar-refractivity contribution < 1.29 is 19.1 Å². The molecule has 20 heavy (non-hydrogen) atoms. The third-order valence-corrected chi connectivity index (χ3v) is 2.40. The fourth-order valence-electron chi connectivity index (χ4n) is 1.57. The number of ether oxygens (including phenoxy) is 2. The van der Waals surface area contributed by atoms with Gasteiger partial charge in [-0.05, 0) is 40.2 Å². The quantitative estimate of drug-likeness (QED) is 0.585. The molecule has 0 fully saturated rings. The Labute approximate surface area is 120 Å². The van der Waals surface area contributed by atoms with Crippen molar-refractivity contribution >= 4 is 12.2 Å². The zero-order valence-corrected chi connectivity index (χ0v) is 12.6. The van der Waals surface area contributed by atoms with Crippen LogP contribution in [-0.4, -0.2) is 37.0 Å². The Balaban J connectivity index is 4.21. The Morgan fingerprint density at radius 1 is 1.20 bits per heavy atom. The number of primary amides is 1. The standard InChI is InChI=1S/C13H27N3O4/c1-13(2,3)20-12(18)16-10(9-19-11(15)17)7-5-4-6-8-14/h10H,4-9,14H2,1-3H3,(H2,15,17)(H,16,18). The van der Waals surface area contributed by atoms with Crippen molar-refractivity contribution in [1.82, 2.24) is 5.32 Å². The third kappa shape index (κ3) is 11.6. The van der Waals surface area contributed by atoms with E-state index in [9.17, 15) is 9.59 Å². The summed E-state index contributed by atoms with van der Waals surface area (Å²) in [6, 6.07) is -0.310. The van der Waals surface area contributed by atoms with E-state index in [1.807, 2.05) is 0 Å². The second-order valence-electron chi connectivity index (χ2n) is 5.61. The van der Waals surface area contributed by atoms with Gasteiger partial charge in [0.1, 0.15) is 12.2 Å². The molecule has 0 radical (unpaired) electrons. The molecular weight excluding hydrogens is 262 g/mol. The van der Waals surface area contributed by atoms with Gasteiger partial charge in [0.15, 0.2) is 0 Å². The predicted molar refractivity (Wildman–Crippen MR) is 76.2 cm³/mol. The molecule has 0 bridgehead atoms. The van der Waals surface area contributed by atoms with Crippen LogP contribution in [0.15, 0.2) is 0 Å². The molecule has 0 rings (SSSR count). The van der Waals surface area contributed by atoms with Crippen LogP contribution >= 0.6 is 0 Å². The van der Waals surface area contributed by atoms with Gasteiger partial charge in [0.2, 0.25) is 0 Å². The zero-order chi connectivity index (χ0) is 15.6. The predicted octanol–water partition coefficient (Wildman–Crippen LogP) is 1.49. The highest BCUT2D eigenvalue weighted by Gasteiger charge is 2.20. The van der Waals surface area contributed by atoms with Crippen LogP contribution < -0.4 is 16.8 Å². The Kier molecular flexibility index (Phi) is 8.71. The van der Waals surface area contributed by atoms with Crippen LogP contribution in [-0.2, 0) is 9.47 Å². The van der Waals surface area contributed by atoms with Gasteiger partial charge < -0.3 is 26.3 Å². The van der Waals surface area contributed by atoms with Gasteiger partial charge in [-0.1, -0.05) is 12.8 Å². The van der Waals surface area contributed by atoms with Crippen LogP contribution in [0, 0.1) is 0 Å². The molecule has 0 aliphatic heterocycles. The number of carbonyl (C=O) groups excluding carboxylic acids is 2. The maximum Gasteiger partial charge on any atom is 0.407 e. The summed E-state index contributed by atoms with van der Waals surface area (Å²) >= 11 is 0. The highest BCUT2D eigenvalue weighted by Crippen LogP contribution is 2.09. The number of nitrogens with one attached hydrogen (secondary N) is 1. The number of hydrogen-bond donors (Lipinski definition) is 3. The van der Waals surface area contributed by atoms with Gasteiger partial charge in [0, 0.05) is 0 Å². The maximum atomic E-state index is 11.7. The summed E-state index contributed by atoms with van der Waals surface area (Å²) in [4.78, 5) is 22.3. The van der Waals surface area contributed by atoms with E-state index in [2.05, 4.69) is 5.32 Å². The van der Waals surface area contributed by atoms with Gasteiger partial charge in [0.25, 0.3) is 0 Å². The van der Waals surface area contributed by atoms with E-state index in [0.29, 0.717) is 13.0 Å². The van der Waals surface area contributed by atoms with E-state index in [1.165, 1.54) is 0 Å². The van der Waals surface area contributed by atoms with Crippen LogP contribution in [0.25, 0.3) is 0 Å². The topological polar surface area (TPSA) is 117 Å². The Morgan fingerprint density at radius 3 is 2.35 bits per heavy atom. The second-order valence-corrected chi connectivity index (χ2v) is 5.61. The first-order valence-electron chi connectivity index (χ1n) is 6.86. The number of carbonyl (C=O) groups is 2. The molecule has 0 aromatic rings. The van der Waals surface area contributed by atoms with Gasteiger partial charge in [-0.2, -0.15) is 0 Å². The molecule has 0 aromatic heterocycles. The van der Waals surface area contributed by atoms with Crippen molar-refractivity contribution in [3.8, 4) is 0 Å². The van der Waals surface area contributed by atoms with Gasteiger partial charge in [0.05, 0.1) is 6.04 Å². The molecule has 0 saturated carbocycles. The SMILES string of the molecule is CC(C)(C)OC(=O)NC(CCCCCN)COC(N)=O. The largest absolute Gasteiger partial charge is 0.448 e. The van der Waals surface area contributed by atoms with E-state index < -0.39 is 17.8 Å². The van der Waals surface area contributed by atoms with Crippen LogP contribution in [0.2, 0.25) is 0 Å². The van der Waals surface area contributed by atoms with Crippen molar-refractivity contribution in [1.29, 1.82) is 0 Å². The van der Waals surface area contributed by atoms with Gasteiger partial charge in [-0.15, -0.1) is 0 Å². The third-order valence-electron chi connectivity index (χ3n) is 2.40. The van der Waals surface area contributed by atoms with Crippen molar-refractivity contribution in [2.24, 2.45) is 11.5 Å². The van der Waals surface area contributed by atoms with Crippen LogP contribution in [0.3, 0.4) is 0 Å². The lowest BCUT2D eigenvalue weighted by molar-refractivity contribution is 0.0469. The van der Waals surface area contributed by atoms with E-state index in [-0.39, 0.29) is 12.6 Å². The molecule has 5 N–H and O–H groups in total. The first-order valence-corrected chi connectivity index (χ1v) is 6.86. The summed E-state index contributed by atoms with van der Waals surface area (Å²) in [5.41, 5.74) is 9.78. The Morgan fingerprint density at radius 2 is 1.85 bits per heavy atom. The number of rotatable bonds is 8. The summed E-state index contributed by atoms with van der Waals surface area (Å²) in [6.45, 7) is 6.02. The molecule has 7 nitrogen and oxygen atoms in total. The number of alkyl carbamates (subject to hydrolysis) is 1. The lowest BCUT2D eigenvalue weighted by Crippen LogP contribution is -2.42. The smallest absolute Gasteiger partial charge is 0.407 e. The van der Waals surface area contributed by atoms with Crippen molar-refractivity contribution in [2.75, 3.05) is 13.2 Å². The lowest BCUT2D eigenvalue weighted by atomic mass is 10.1.